The lowest BCUT2D eigenvalue weighted by Gasteiger charge is -2.35. The quantitative estimate of drug-likeness (QED) is 0.853. The number of hydrogen-bond acceptors (Lipinski definition) is 3. The van der Waals surface area contributed by atoms with Crippen molar-refractivity contribution in [3.63, 3.8) is 0 Å². The summed E-state index contributed by atoms with van der Waals surface area (Å²) >= 11 is 0. The SMILES string of the molecule is CCCN1CCC(C(C)NCc2ccnn2C)CC1. The molecule has 1 unspecified atom stereocenters. The van der Waals surface area contributed by atoms with Crippen molar-refractivity contribution < 1.29 is 0 Å². The summed E-state index contributed by atoms with van der Waals surface area (Å²) in [7, 11) is 2.00. The van der Waals surface area contributed by atoms with Gasteiger partial charge >= 0.3 is 0 Å². The molecule has 0 spiro atoms. The summed E-state index contributed by atoms with van der Waals surface area (Å²) in [6.07, 6.45) is 5.81. The molecule has 0 aromatic carbocycles. The minimum absolute atomic E-state index is 0.596. The Morgan fingerprint density at radius 1 is 1.42 bits per heavy atom. The summed E-state index contributed by atoms with van der Waals surface area (Å²) in [5.74, 6) is 0.821. The van der Waals surface area contributed by atoms with Crippen molar-refractivity contribution in [2.75, 3.05) is 19.6 Å². The van der Waals surface area contributed by atoms with E-state index in [4.69, 9.17) is 0 Å². The fourth-order valence-electron chi connectivity index (χ4n) is 3.00. The number of hydrogen-bond donors (Lipinski definition) is 1. The summed E-state index contributed by atoms with van der Waals surface area (Å²) in [4.78, 5) is 2.60. The van der Waals surface area contributed by atoms with Gasteiger partial charge in [0, 0.05) is 25.8 Å². The van der Waals surface area contributed by atoms with Gasteiger partial charge in [-0.05, 0) is 57.8 Å². The molecule has 4 nitrogen and oxygen atoms in total. The third-order valence-electron chi connectivity index (χ3n) is 4.41. The highest BCUT2D eigenvalue weighted by Crippen LogP contribution is 2.20. The van der Waals surface area contributed by atoms with E-state index in [9.17, 15) is 0 Å². The van der Waals surface area contributed by atoms with Gasteiger partial charge in [-0.15, -0.1) is 0 Å². The van der Waals surface area contributed by atoms with E-state index >= 15 is 0 Å². The van der Waals surface area contributed by atoms with Crippen LogP contribution in [0, 0.1) is 5.92 Å². The smallest absolute Gasteiger partial charge is 0.0518 e. The summed E-state index contributed by atoms with van der Waals surface area (Å²) < 4.78 is 1.95. The lowest BCUT2D eigenvalue weighted by molar-refractivity contribution is 0.162. The van der Waals surface area contributed by atoms with E-state index in [0.717, 1.165) is 12.5 Å². The van der Waals surface area contributed by atoms with Gasteiger partial charge in [-0.2, -0.15) is 5.10 Å². The van der Waals surface area contributed by atoms with Gasteiger partial charge in [0.2, 0.25) is 0 Å². The van der Waals surface area contributed by atoms with Crippen molar-refractivity contribution in [1.29, 1.82) is 0 Å². The lowest BCUT2D eigenvalue weighted by Crippen LogP contribution is -2.42. The standard InChI is InChI=1S/C15H28N4/c1-4-9-19-10-6-14(7-11-19)13(2)16-12-15-5-8-17-18(15)3/h5,8,13-14,16H,4,6-7,9-12H2,1-3H3. The van der Waals surface area contributed by atoms with Crippen LogP contribution >= 0.6 is 0 Å². The highest BCUT2D eigenvalue weighted by molar-refractivity contribution is 4.99. The number of piperidine rings is 1. The summed E-state index contributed by atoms with van der Waals surface area (Å²) in [5, 5.41) is 7.87. The molecule has 1 aliphatic heterocycles. The van der Waals surface area contributed by atoms with E-state index in [-0.39, 0.29) is 0 Å². The maximum atomic E-state index is 4.21. The lowest BCUT2D eigenvalue weighted by atomic mass is 9.90. The predicted octanol–water partition coefficient (Wildman–Crippen LogP) is 2.02. The second-order valence-electron chi connectivity index (χ2n) is 5.79. The highest BCUT2D eigenvalue weighted by atomic mass is 15.3. The molecule has 0 saturated carbocycles. The Morgan fingerprint density at radius 3 is 2.74 bits per heavy atom. The van der Waals surface area contributed by atoms with Crippen LogP contribution in [0.5, 0.6) is 0 Å². The van der Waals surface area contributed by atoms with Crippen molar-refractivity contribution in [1.82, 2.24) is 20.0 Å². The van der Waals surface area contributed by atoms with Gasteiger partial charge < -0.3 is 10.2 Å². The van der Waals surface area contributed by atoms with E-state index in [1.54, 1.807) is 0 Å². The van der Waals surface area contributed by atoms with E-state index < -0.39 is 0 Å². The Kier molecular flexibility index (Phi) is 5.40. The van der Waals surface area contributed by atoms with E-state index in [2.05, 4.69) is 35.2 Å². The van der Waals surface area contributed by atoms with Crippen molar-refractivity contribution in [2.24, 2.45) is 13.0 Å². The monoisotopic (exact) mass is 264 g/mol. The molecule has 0 bridgehead atoms. The molecular formula is C15H28N4. The topological polar surface area (TPSA) is 33.1 Å². The molecule has 1 aromatic heterocycles. The molecule has 0 aliphatic carbocycles. The van der Waals surface area contributed by atoms with Crippen molar-refractivity contribution in [3.05, 3.63) is 18.0 Å². The number of nitrogens with one attached hydrogen (secondary N) is 1. The van der Waals surface area contributed by atoms with E-state index in [0.29, 0.717) is 6.04 Å². The maximum absolute atomic E-state index is 4.21. The Morgan fingerprint density at radius 2 is 2.16 bits per heavy atom. The Labute approximate surface area is 117 Å². The van der Waals surface area contributed by atoms with Crippen molar-refractivity contribution >= 4 is 0 Å². The largest absolute Gasteiger partial charge is 0.308 e. The molecule has 1 atom stereocenters. The number of aromatic nitrogens is 2. The first-order valence-electron chi connectivity index (χ1n) is 7.63. The Hall–Kier alpha value is -0.870. The molecule has 4 heteroatoms. The van der Waals surface area contributed by atoms with Gasteiger partial charge in [0.25, 0.3) is 0 Å². The van der Waals surface area contributed by atoms with Crippen LogP contribution < -0.4 is 5.32 Å². The van der Waals surface area contributed by atoms with Crippen LogP contribution in [0.1, 0.15) is 38.8 Å². The molecule has 0 amide bonds. The molecule has 2 heterocycles. The molecule has 1 aliphatic rings. The Balaban J connectivity index is 1.72. The fourth-order valence-corrected chi connectivity index (χ4v) is 3.00. The molecule has 0 radical (unpaired) electrons. The van der Waals surface area contributed by atoms with Crippen LogP contribution in [0.25, 0.3) is 0 Å². The fraction of sp³-hybridized carbons (Fsp3) is 0.800. The average Bonchev–Trinajstić information content (AvgIpc) is 2.83. The number of aryl methyl sites for hydroxylation is 1. The summed E-state index contributed by atoms with van der Waals surface area (Å²) in [5.41, 5.74) is 1.26. The zero-order valence-corrected chi connectivity index (χ0v) is 12.6. The van der Waals surface area contributed by atoms with Gasteiger partial charge in [0.05, 0.1) is 5.69 Å². The minimum atomic E-state index is 0.596. The molecule has 108 valence electrons. The predicted molar refractivity (Wildman–Crippen MR) is 79.0 cm³/mol. The Bertz CT molecular complexity index is 366. The molecular weight excluding hydrogens is 236 g/mol. The zero-order chi connectivity index (χ0) is 13.7. The van der Waals surface area contributed by atoms with Crippen LogP contribution in [0.3, 0.4) is 0 Å². The number of rotatable bonds is 6. The van der Waals surface area contributed by atoms with Gasteiger partial charge in [-0.1, -0.05) is 6.92 Å². The van der Waals surface area contributed by atoms with E-state index in [1.807, 2.05) is 17.9 Å². The summed E-state index contributed by atoms with van der Waals surface area (Å²) in [6.45, 7) is 9.34. The van der Waals surface area contributed by atoms with E-state index in [1.165, 1.54) is 44.6 Å². The van der Waals surface area contributed by atoms with Crippen LogP contribution in [0.15, 0.2) is 12.3 Å². The van der Waals surface area contributed by atoms with Crippen LogP contribution in [-0.2, 0) is 13.6 Å². The van der Waals surface area contributed by atoms with Gasteiger partial charge in [0.1, 0.15) is 0 Å². The highest BCUT2D eigenvalue weighted by Gasteiger charge is 2.23. The molecule has 1 saturated heterocycles. The minimum Gasteiger partial charge on any atom is -0.308 e. The molecule has 1 fully saturated rings. The second kappa shape index (κ2) is 7.06. The number of likely N-dealkylation sites (tertiary alicyclic amines) is 1. The van der Waals surface area contributed by atoms with Crippen LogP contribution in [-0.4, -0.2) is 40.4 Å². The second-order valence-corrected chi connectivity index (χ2v) is 5.79. The third-order valence-corrected chi connectivity index (χ3v) is 4.41. The third kappa shape index (κ3) is 4.05. The summed E-state index contributed by atoms with van der Waals surface area (Å²) in [6, 6.07) is 2.68. The van der Waals surface area contributed by atoms with Crippen LogP contribution in [0.2, 0.25) is 0 Å². The molecule has 1 aromatic rings. The molecule has 19 heavy (non-hydrogen) atoms. The van der Waals surface area contributed by atoms with Gasteiger partial charge in [-0.3, -0.25) is 4.68 Å². The first kappa shape index (κ1) is 14.5. The average molecular weight is 264 g/mol. The molecule has 2 rings (SSSR count). The zero-order valence-electron chi connectivity index (χ0n) is 12.6. The van der Waals surface area contributed by atoms with Crippen molar-refractivity contribution in [2.45, 2.75) is 45.7 Å². The maximum Gasteiger partial charge on any atom is 0.0518 e. The number of nitrogens with zero attached hydrogens (tertiary/aromatic N) is 3. The molecule has 1 N–H and O–H groups in total. The van der Waals surface area contributed by atoms with Gasteiger partial charge in [0.15, 0.2) is 0 Å². The first-order valence-corrected chi connectivity index (χ1v) is 7.63. The van der Waals surface area contributed by atoms with Crippen molar-refractivity contribution in [3.8, 4) is 0 Å². The van der Waals surface area contributed by atoms with Gasteiger partial charge in [-0.25, -0.2) is 0 Å². The normalized spacial score (nSPS) is 19.7. The first-order chi connectivity index (χ1) is 9.20. The van der Waals surface area contributed by atoms with Crippen LogP contribution in [0.4, 0.5) is 0 Å².